The number of hydrogen-bond donors (Lipinski definition) is 2. The van der Waals surface area contributed by atoms with Crippen molar-refractivity contribution in [1.82, 2.24) is 10.3 Å². The predicted octanol–water partition coefficient (Wildman–Crippen LogP) is 0.184. The zero-order chi connectivity index (χ0) is 10.4. The second-order valence-corrected chi connectivity index (χ2v) is 3.54. The molecule has 0 aliphatic rings. The fourth-order valence-electron chi connectivity index (χ4n) is 0.772. The second kappa shape index (κ2) is 5.66. The Balaban J connectivity index is 2.23. The molecule has 0 spiro atoms. The highest BCUT2D eigenvalue weighted by Crippen LogP contribution is 2.15. The molecule has 78 valence electrons. The van der Waals surface area contributed by atoms with Crippen LogP contribution in [-0.4, -0.2) is 34.9 Å². The van der Waals surface area contributed by atoms with Crippen LogP contribution in [0, 0.1) is 6.92 Å². The summed E-state index contributed by atoms with van der Waals surface area (Å²) in [6.07, 6.45) is 1.54. The maximum atomic E-state index is 11.1. The minimum atomic E-state index is -0.139. The van der Waals surface area contributed by atoms with Crippen LogP contribution in [0.25, 0.3) is 0 Å². The number of nitrogens with zero attached hydrogens (tertiary/aromatic N) is 1. The van der Waals surface area contributed by atoms with Gasteiger partial charge in [0, 0.05) is 6.54 Å². The van der Waals surface area contributed by atoms with Crippen LogP contribution in [0.3, 0.4) is 0 Å². The Morgan fingerprint density at radius 3 is 3.14 bits per heavy atom. The van der Waals surface area contributed by atoms with Crippen LogP contribution < -0.4 is 5.32 Å². The molecule has 5 nitrogen and oxygen atoms in total. The Kier molecular flexibility index (Phi) is 4.48. The van der Waals surface area contributed by atoms with Gasteiger partial charge >= 0.3 is 0 Å². The number of aryl methyl sites for hydroxylation is 1. The van der Waals surface area contributed by atoms with Gasteiger partial charge in [-0.1, -0.05) is 11.8 Å². The number of carbonyl (C=O) groups is 1. The van der Waals surface area contributed by atoms with Crippen LogP contribution >= 0.6 is 11.8 Å². The first kappa shape index (κ1) is 11.1. The van der Waals surface area contributed by atoms with E-state index in [1.807, 2.05) is 6.92 Å². The Labute approximate surface area is 85.9 Å². The number of amides is 1. The third-order valence-electron chi connectivity index (χ3n) is 1.36. The van der Waals surface area contributed by atoms with Gasteiger partial charge < -0.3 is 14.8 Å². The molecule has 0 unspecified atom stereocenters. The molecule has 0 aliphatic heterocycles. The van der Waals surface area contributed by atoms with Crippen LogP contribution in [0.5, 0.6) is 0 Å². The fourth-order valence-corrected chi connectivity index (χ4v) is 1.45. The average molecular weight is 216 g/mol. The number of thioether (sulfide) groups is 1. The van der Waals surface area contributed by atoms with Crippen molar-refractivity contribution >= 4 is 17.7 Å². The minimum Gasteiger partial charge on any atom is -0.440 e. The van der Waals surface area contributed by atoms with E-state index in [9.17, 15) is 4.79 Å². The van der Waals surface area contributed by atoms with Gasteiger partial charge in [0.25, 0.3) is 5.22 Å². The first-order valence-electron chi connectivity index (χ1n) is 4.15. The second-order valence-electron chi connectivity index (χ2n) is 2.62. The molecule has 1 aromatic rings. The van der Waals surface area contributed by atoms with Crippen LogP contribution in [0.1, 0.15) is 5.69 Å². The molecular formula is C8H12N2O3S. The SMILES string of the molecule is Cc1coc(SCC(=O)NCCO)n1. The lowest BCUT2D eigenvalue weighted by atomic mass is 10.6. The van der Waals surface area contributed by atoms with E-state index in [4.69, 9.17) is 9.52 Å². The van der Waals surface area contributed by atoms with Crippen molar-refractivity contribution in [1.29, 1.82) is 0 Å². The smallest absolute Gasteiger partial charge is 0.256 e. The topological polar surface area (TPSA) is 75.4 Å². The van der Waals surface area contributed by atoms with Gasteiger partial charge in [0.2, 0.25) is 5.91 Å². The molecule has 0 saturated heterocycles. The summed E-state index contributed by atoms with van der Waals surface area (Å²) in [4.78, 5) is 15.1. The summed E-state index contributed by atoms with van der Waals surface area (Å²) in [5.41, 5.74) is 0.795. The van der Waals surface area contributed by atoms with Crippen molar-refractivity contribution in [2.24, 2.45) is 0 Å². The standard InChI is InChI=1S/C8H12N2O3S/c1-6-4-13-8(10-6)14-5-7(12)9-2-3-11/h4,11H,2-3,5H2,1H3,(H,9,12). The number of aromatic nitrogens is 1. The summed E-state index contributed by atoms with van der Waals surface area (Å²) in [6, 6.07) is 0. The van der Waals surface area contributed by atoms with Gasteiger partial charge in [0.1, 0.15) is 6.26 Å². The number of aliphatic hydroxyl groups is 1. The minimum absolute atomic E-state index is 0.0471. The molecule has 0 aliphatic carbocycles. The first-order valence-corrected chi connectivity index (χ1v) is 5.13. The monoisotopic (exact) mass is 216 g/mol. The molecule has 1 rings (SSSR count). The molecule has 2 N–H and O–H groups in total. The molecule has 0 fully saturated rings. The Morgan fingerprint density at radius 1 is 1.79 bits per heavy atom. The quantitative estimate of drug-likeness (QED) is 0.687. The van der Waals surface area contributed by atoms with Gasteiger partial charge in [-0.05, 0) is 6.92 Å². The van der Waals surface area contributed by atoms with Crippen molar-refractivity contribution in [3.8, 4) is 0 Å². The summed E-state index contributed by atoms with van der Waals surface area (Å²) < 4.78 is 5.04. The van der Waals surface area contributed by atoms with Crippen molar-refractivity contribution < 1.29 is 14.3 Å². The van der Waals surface area contributed by atoms with Crippen molar-refractivity contribution in [2.45, 2.75) is 12.1 Å². The molecule has 0 bridgehead atoms. The van der Waals surface area contributed by atoms with Crippen LogP contribution in [0.2, 0.25) is 0 Å². The number of carbonyl (C=O) groups excluding carboxylic acids is 1. The molecule has 0 aromatic carbocycles. The van der Waals surface area contributed by atoms with E-state index >= 15 is 0 Å². The van der Waals surface area contributed by atoms with Crippen LogP contribution in [0.15, 0.2) is 15.9 Å². The lowest BCUT2D eigenvalue weighted by Crippen LogP contribution is -2.27. The highest BCUT2D eigenvalue weighted by Gasteiger charge is 2.05. The van der Waals surface area contributed by atoms with E-state index < -0.39 is 0 Å². The first-order chi connectivity index (χ1) is 6.72. The third kappa shape index (κ3) is 3.80. The summed E-state index contributed by atoms with van der Waals surface area (Å²) in [6.45, 7) is 2.05. The van der Waals surface area contributed by atoms with Crippen LogP contribution in [-0.2, 0) is 4.79 Å². The summed E-state index contributed by atoms with van der Waals surface area (Å²) >= 11 is 1.23. The zero-order valence-electron chi connectivity index (χ0n) is 7.82. The molecule has 14 heavy (non-hydrogen) atoms. The highest BCUT2D eigenvalue weighted by molar-refractivity contribution is 7.99. The maximum Gasteiger partial charge on any atom is 0.256 e. The van der Waals surface area contributed by atoms with Gasteiger partial charge in [-0.2, -0.15) is 0 Å². The predicted molar refractivity (Wildman–Crippen MR) is 52.1 cm³/mol. The Bertz CT molecular complexity index is 301. The summed E-state index contributed by atoms with van der Waals surface area (Å²) in [5.74, 6) is 0.111. The molecule has 1 aromatic heterocycles. The molecule has 1 heterocycles. The van der Waals surface area contributed by atoms with E-state index in [0.717, 1.165) is 5.69 Å². The van der Waals surface area contributed by atoms with Crippen LogP contribution in [0.4, 0.5) is 0 Å². The molecular weight excluding hydrogens is 204 g/mol. The Morgan fingerprint density at radius 2 is 2.57 bits per heavy atom. The van der Waals surface area contributed by atoms with Gasteiger partial charge in [-0.25, -0.2) is 4.98 Å². The molecule has 0 atom stereocenters. The Hall–Kier alpha value is -1.01. The lowest BCUT2D eigenvalue weighted by molar-refractivity contribution is -0.118. The zero-order valence-corrected chi connectivity index (χ0v) is 8.63. The molecule has 1 amide bonds. The van der Waals surface area contributed by atoms with Crippen molar-refractivity contribution in [2.75, 3.05) is 18.9 Å². The van der Waals surface area contributed by atoms with Gasteiger partial charge in [0.05, 0.1) is 18.1 Å². The van der Waals surface area contributed by atoms with Crippen molar-refractivity contribution in [3.05, 3.63) is 12.0 Å². The number of nitrogens with one attached hydrogen (secondary N) is 1. The van der Waals surface area contributed by atoms with Gasteiger partial charge in [-0.3, -0.25) is 4.79 Å². The third-order valence-corrected chi connectivity index (χ3v) is 2.20. The van der Waals surface area contributed by atoms with E-state index in [-0.39, 0.29) is 24.8 Å². The molecule has 0 radical (unpaired) electrons. The maximum absolute atomic E-state index is 11.1. The van der Waals surface area contributed by atoms with Gasteiger partial charge in [-0.15, -0.1) is 0 Å². The summed E-state index contributed by atoms with van der Waals surface area (Å²) in [7, 11) is 0. The fraction of sp³-hybridized carbons (Fsp3) is 0.500. The van der Waals surface area contributed by atoms with E-state index in [0.29, 0.717) is 5.22 Å². The number of oxazole rings is 1. The number of hydrogen-bond acceptors (Lipinski definition) is 5. The van der Waals surface area contributed by atoms with Gasteiger partial charge in [0.15, 0.2) is 0 Å². The molecule has 0 saturated carbocycles. The average Bonchev–Trinajstić information content (AvgIpc) is 2.58. The number of aliphatic hydroxyl groups excluding tert-OH is 1. The largest absolute Gasteiger partial charge is 0.440 e. The van der Waals surface area contributed by atoms with Crippen molar-refractivity contribution in [3.63, 3.8) is 0 Å². The molecule has 6 heteroatoms. The lowest BCUT2D eigenvalue weighted by Gasteiger charge is -1.99. The van der Waals surface area contributed by atoms with E-state index in [1.165, 1.54) is 18.0 Å². The number of rotatable bonds is 5. The normalized spacial score (nSPS) is 10.1. The van der Waals surface area contributed by atoms with E-state index in [1.54, 1.807) is 0 Å². The summed E-state index contributed by atoms with van der Waals surface area (Å²) in [5, 5.41) is 11.5. The highest BCUT2D eigenvalue weighted by atomic mass is 32.2. The van der Waals surface area contributed by atoms with E-state index in [2.05, 4.69) is 10.3 Å².